The Kier molecular flexibility index (Phi) is 3.43. The molecule has 3 nitrogen and oxygen atoms in total. The first kappa shape index (κ1) is 9.99. The van der Waals surface area contributed by atoms with E-state index >= 15 is 0 Å². The number of piperidine rings is 1. The lowest BCUT2D eigenvalue weighted by Crippen LogP contribution is -2.28. The highest BCUT2D eigenvalue weighted by Crippen LogP contribution is 2.17. The summed E-state index contributed by atoms with van der Waals surface area (Å²) < 4.78 is 2.07. The number of rotatable bonds is 3. The van der Waals surface area contributed by atoms with Crippen LogP contribution in [0.4, 0.5) is 0 Å². The van der Waals surface area contributed by atoms with Crippen molar-refractivity contribution in [1.82, 2.24) is 14.9 Å². The summed E-state index contributed by atoms with van der Waals surface area (Å²) in [6, 6.07) is 0. The summed E-state index contributed by atoms with van der Waals surface area (Å²) in [5, 5.41) is 3.97. The van der Waals surface area contributed by atoms with Gasteiger partial charge in [-0.15, -0.1) is 0 Å². The summed E-state index contributed by atoms with van der Waals surface area (Å²) in [6.45, 7) is 3.40. The fraction of sp³-hybridized carbons (Fsp3) is 0.700. The van der Waals surface area contributed by atoms with E-state index in [1.165, 1.54) is 32.4 Å². The average molecular weight is 214 g/mol. The van der Waals surface area contributed by atoms with Gasteiger partial charge in [0.05, 0.1) is 6.33 Å². The number of nitrogens with one attached hydrogen (secondary N) is 1. The lowest BCUT2D eigenvalue weighted by Gasteiger charge is -2.22. The summed E-state index contributed by atoms with van der Waals surface area (Å²) in [7, 11) is 0. The number of halogens is 1. The molecule has 78 valence electrons. The molecule has 1 aliphatic rings. The maximum absolute atomic E-state index is 5.74. The van der Waals surface area contributed by atoms with Gasteiger partial charge in [0.15, 0.2) is 0 Å². The third kappa shape index (κ3) is 2.72. The molecule has 1 N–H and O–H groups in total. The van der Waals surface area contributed by atoms with Crippen LogP contribution in [0.2, 0.25) is 5.15 Å². The van der Waals surface area contributed by atoms with Crippen LogP contribution in [0.3, 0.4) is 0 Å². The van der Waals surface area contributed by atoms with Crippen LogP contribution in [0.1, 0.15) is 19.3 Å². The van der Waals surface area contributed by atoms with Crippen molar-refractivity contribution in [2.24, 2.45) is 5.92 Å². The highest BCUT2D eigenvalue weighted by molar-refractivity contribution is 6.29. The van der Waals surface area contributed by atoms with Crippen molar-refractivity contribution < 1.29 is 0 Å². The monoisotopic (exact) mass is 213 g/mol. The maximum atomic E-state index is 5.74. The quantitative estimate of drug-likeness (QED) is 0.832. The molecule has 0 radical (unpaired) electrons. The molecule has 1 aromatic rings. The highest BCUT2D eigenvalue weighted by Gasteiger charge is 2.12. The molecule has 0 unspecified atom stereocenters. The lowest BCUT2D eigenvalue weighted by molar-refractivity contribution is 0.338. The molecular formula is C10H16ClN3. The molecule has 2 heterocycles. The van der Waals surface area contributed by atoms with Gasteiger partial charge in [0.2, 0.25) is 0 Å². The van der Waals surface area contributed by atoms with E-state index < -0.39 is 0 Å². The van der Waals surface area contributed by atoms with E-state index in [-0.39, 0.29) is 0 Å². The van der Waals surface area contributed by atoms with Gasteiger partial charge in [0, 0.05) is 12.7 Å². The Bertz CT molecular complexity index is 279. The molecule has 4 heteroatoms. The number of nitrogens with zero attached hydrogens (tertiary/aromatic N) is 2. The van der Waals surface area contributed by atoms with Gasteiger partial charge >= 0.3 is 0 Å². The smallest absolute Gasteiger partial charge is 0.146 e. The normalized spacial score (nSPS) is 18.6. The van der Waals surface area contributed by atoms with E-state index in [9.17, 15) is 0 Å². The Hall–Kier alpha value is -0.540. The zero-order valence-electron chi connectivity index (χ0n) is 8.25. The SMILES string of the molecule is Clc1cn(CCC2CCNCC2)cn1. The molecule has 0 aromatic carbocycles. The summed E-state index contributed by atoms with van der Waals surface area (Å²) >= 11 is 5.74. The predicted octanol–water partition coefficient (Wildman–Crippen LogP) is 1.93. The molecule has 1 aromatic heterocycles. The van der Waals surface area contributed by atoms with Crippen LogP contribution in [0.15, 0.2) is 12.5 Å². The summed E-state index contributed by atoms with van der Waals surface area (Å²) in [5.74, 6) is 0.873. The second-order valence-corrected chi connectivity index (χ2v) is 4.30. The molecule has 0 amide bonds. The zero-order valence-corrected chi connectivity index (χ0v) is 9.00. The second kappa shape index (κ2) is 4.80. The fourth-order valence-corrected chi connectivity index (χ4v) is 2.13. The van der Waals surface area contributed by atoms with Crippen molar-refractivity contribution in [3.63, 3.8) is 0 Å². The van der Waals surface area contributed by atoms with Crippen molar-refractivity contribution in [2.75, 3.05) is 13.1 Å². The Morgan fingerprint density at radius 3 is 2.93 bits per heavy atom. The lowest BCUT2D eigenvalue weighted by atomic mass is 9.95. The molecule has 2 rings (SSSR count). The first-order valence-corrected chi connectivity index (χ1v) is 5.60. The number of hydrogen-bond donors (Lipinski definition) is 1. The minimum atomic E-state index is 0.593. The van der Waals surface area contributed by atoms with Crippen LogP contribution in [0, 0.1) is 5.92 Å². The van der Waals surface area contributed by atoms with Crippen LogP contribution < -0.4 is 5.32 Å². The average Bonchev–Trinajstić information content (AvgIpc) is 2.63. The highest BCUT2D eigenvalue weighted by atomic mass is 35.5. The van der Waals surface area contributed by atoms with Gasteiger partial charge in [0.1, 0.15) is 5.15 Å². The molecule has 1 aliphatic heterocycles. The molecule has 0 saturated carbocycles. The molecule has 0 aliphatic carbocycles. The molecule has 0 bridgehead atoms. The maximum Gasteiger partial charge on any atom is 0.146 e. The fourth-order valence-electron chi connectivity index (χ4n) is 1.96. The third-order valence-corrected chi connectivity index (χ3v) is 3.05. The van der Waals surface area contributed by atoms with Gasteiger partial charge < -0.3 is 9.88 Å². The predicted molar refractivity (Wildman–Crippen MR) is 57.4 cm³/mol. The zero-order chi connectivity index (χ0) is 9.80. The topological polar surface area (TPSA) is 29.9 Å². The Labute approximate surface area is 89.5 Å². The number of hydrogen-bond acceptors (Lipinski definition) is 2. The van der Waals surface area contributed by atoms with Gasteiger partial charge in [-0.3, -0.25) is 0 Å². The minimum Gasteiger partial charge on any atom is -0.336 e. The summed E-state index contributed by atoms with van der Waals surface area (Å²) in [5.41, 5.74) is 0. The number of aromatic nitrogens is 2. The van der Waals surface area contributed by atoms with Crippen molar-refractivity contribution in [3.8, 4) is 0 Å². The van der Waals surface area contributed by atoms with Gasteiger partial charge in [-0.2, -0.15) is 0 Å². The van der Waals surface area contributed by atoms with Crippen LogP contribution >= 0.6 is 11.6 Å². The molecule has 0 spiro atoms. The first-order chi connectivity index (χ1) is 6.84. The van der Waals surface area contributed by atoms with E-state index in [1.54, 1.807) is 0 Å². The van der Waals surface area contributed by atoms with E-state index in [4.69, 9.17) is 11.6 Å². The largest absolute Gasteiger partial charge is 0.336 e. The van der Waals surface area contributed by atoms with Crippen molar-refractivity contribution in [3.05, 3.63) is 17.7 Å². The minimum absolute atomic E-state index is 0.593. The Morgan fingerprint density at radius 1 is 1.50 bits per heavy atom. The van der Waals surface area contributed by atoms with Gasteiger partial charge in [-0.05, 0) is 38.3 Å². The van der Waals surface area contributed by atoms with Crippen LogP contribution in [-0.2, 0) is 6.54 Å². The number of aryl methyl sites for hydroxylation is 1. The van der Waals surface area contributed by atoms with Crippen LogP contribution in [0.25, 0.3) is 0 Å². The van der Waals surface area contributed by atoms with Crippen molar-refractivity contribution in [2.45, 2.75) is 25.8 Å². The second-order valence-electron chi connectivity index (χ2n) is 3.92. The summed E-state index contributed by atoms with van der Waals surface area (Å²) in [4.78, 5) is 4.00. The standard InChI is InChI=1S/C10H16ClN3/c11-10-7-14(8-13-10)6-3-9-1-4-12-5-2-9/h7-9,12H,1-6H2. The van der Waals surface area contributed by atoms with Gasteiger partial charge in [-0.25, -0.2) is 4.98 Å². The number of imidazole rings is 1. The Morgan fingerprint density at radius 2 is 2.29 bits per heavy atom. The molecular weight excluding hydrogens is 198 g/mol. The molecule has 0 atom stereocenters. The Balaban J connectivity index is 1.76. The van der Waals surface area contributed by atoms with Gasteiger partial charge in [-0.1, -0.05) is 11.6 Å². The van der Waals surface area contributed by atoms with Crippen LogP contribution in [0.5, 0.6) is 0 Å². The molecule has 1 saturated heterocycles. The first-order valence-electron chi connectivity index (χ1n) is 5.22. The van der Waals surface area contributed by atoms with E-state index in [1.807, 2.05) is 12.5 Å². The van der Waals surface area contributed by atoms with Crippen molar-refractivity contribution >= 4 is 11.6 Å². The van der Waals surface area contributed by atoms with E-state index in [0.29, 0.717) is 5.15 Å². The molecule has 1 fully saturated rings. The van der Waals surface area contributed by atoms with Crippen molar-refractivity contribution in [1.29, 1.82) is 0 Å². The van der Waals surface area contributed by atoms with E-state index in [2.05, 4.69) is 14.9 Å². The molecule has 14 heavy (non-hydrogen) atoms. The van der Waals surface area contributed by atoms with Crippen LogP contribution in [-0.4, -0.2) is 22.6 Å². The third-order valence-electron chi connectivity index (χ3n) is 2.86. The summed E-state index contributed by atoms with van der Waals surface area (Å²) in [6.07, 6.45) is 7.56. The van der Waals surface area contributed by atoms with E-state index in [0.717, 1.165) is 12.5 Å². The van der Waals surface area contributed by atoms with Gasteiger partial charge in [0.25, 0.3) is 0 Å².